The quantitative estimate of drug-likeness (QED) is 0.754. The van der Waals surface area contributed by atoms with Gasteiger partial charge in [-0.2, -0.15) is 0 Å². The molecule has 0 aromatic heterocycles. The normalized spacial score (nSPS) is 25.3. The van der Waals surface area contributed by atoms with E-state index in [1.165, 1.54) is 25.7 Å². The lowest BCUT2D eigenvalue weighted by atomic mass is 9.90. The summed E-state index contributed by atoms with van der Waals surface area (Å²) in [6, 6.07) is 1.47. The number of carbonyl (C=O) groups excluding carboxylic acids is 1. The second-order valence-corrected chi connectivity index (χ2v) is 5.43. The molecule has 1 rings (SSSR count). The Morgan fingerprint density at radius 3 is 2.35 bits per heavy atom. The van der Waals surface area contributed by atoms with Gasteiger partial charge in [0, 0.05) is 18.1 Å². The zero-order valence-corrected chi connectivity index (χ0v) is 11.6. The van der Waals surface area contributed by atoms with Crippen LogP contribution in [0.2, 0.25) is 0 Å². The summed E-state index contributed by atoms with van der Waals surface area (Å²) in [5.74, 6) is 0.137. The Morgan fingerprint density at radius 1 is 1.29 bits per heavy atom. The molecule has 0 aromatic carbocycles. The molecule has 4 nitrogen and oxygen atoms in total. The smallest absolute Gasteiger partial charge is 0.234 e. The Morgan fingerprint density at radius 2 is 1.88 bits per heavy atom. The number of amides is 1. The van der Waals surface area contributed by atoms with Gasteiger partial charge in [0.15, 0.2) is 0 Å². The van der Waals surface area contributed by atoms with Crippen molar-refractivity contribution in [2.24, 2.45) is 0 Å². The summed E-state index contributed by atoms with van der Waals surface area (Å²) in [5, 5.41) is 6.27. The Kier molecular flexibility index (Phi) is 5.92. The molecule has 0 saturated heterocycles. The summed E-state index contributed by atoms with van der Waals surface area (Å²) in [6.07, 6.45) is 4.82. The van der Waals surface area contributed by atoms with Gasteiger partial charge < -0.3 is 10.6 Å². The zero-order chi connectivity index (χ0) is 12.8. The second kappa shape index (κ2) is 6.97. The van der Waals surface area contributed by atoms with Crippen molar-refractivity contribution in [1.82, 2.24) is 15.5 Å². The van der Waals surface area contributed by atoms with Gasteiger partial charge in [-0.15, -0.1) is 0 Å². The lowest BCUT2D eigenvalue weighted by molar-refractivity contribution is -0.123. The molecule has 1 aliphatic carbocycles. The first-order valence-electron chi connectivity index (χ1n) is 6.69. The van der Waals surface area contributed by atoms with Crippen molar-refractivity contribution in [2.75, 3.05) is 20.6 Å². The maximum absolute atomic E-state index is 11.7. The zero-order valence-electron chi connectivity index (χ0n) is 11.6. The first-order chi connectivity index (χ1) is 8.02. The minimum Gasteiger partial charge on any atom is -0.353 e. The number of nitrogens with zero attached hydrogens (tertiary/aromatic N) is 1. The fourth-order valence-electron chi connectivity index (χ4n) is 2.53. The summed E-state index contributed by atoms with van der Waals surface area (Å²) in [4.78, 5) is 13.9. The van der Waals surface area contributed by atoms with E-state index in [1.807, 2.05) is 20.9 Å². The van der Waals surface area contributed by atoms with Crippen LogP contribution in [-0.4, -0.2) is 49.6 Å². The largest absolute Gasteiger partial charge is 0.353 e. The molecule has 0 unspecified atom stereocenters. The lowest BCUT2D eigenvalue weighted by Crippen LogP contribution is -2.45. The number of hydrogen-bond donors (Lipinski definition) is 2. The van der Waals surface area contributed by atoms with Gasteiger partial charge in [-0.05, 0) is 53.6 Å². The molecule has 1 aliphatic rings. The van der Waals surface area contributed by atoms with E-state index in [9.17, 15) is 4.79 Å². The first kappa shape index (κ1) is 14.5. The first-order valence-corrected chi connectivity index (χ1v) is 6.69. The Labute approximate surface area is 105 Å². The number of hydrogen-bond acceptors (Lipinski definition) is 3. The molecule has 0 aromatic rings. The van der Waals surface area contributed by atoms with Gasteiger partial charge in [-0.25, -0.2) is 0 Å². The molecule has 4 heteroatoms. The summed E-state index contributed by atoms with van der Waals surface area (Å²) >= 11 is 0. The highest BCUT2D eigenvalue weighted by atomic mass is 16.2. The predicted octanol–water partition coefficient (Wildman–Crippen LogP) is 0.973. The van der Waals surface area contributed by atoms with E-state index in [2.05, 4.69) is 22.6 Å². The van der Waals surface area contributed by atoms with E-state index in [0.717, 1.165) is 0 Å². The fraction of sp³-hybridized carbons (Fsp3) is 0.923. The molecule has 2 N–H and O–H groups in total. The van der Waals surface area contributed by atoms with Crippen LogP contribution in [0.5, 0.6) is 0 Å². The van der Waals surface area contributed by atoms with Crippen molar-refractivity contribution in [1.29, 1.82) is 0 Å². The van der Waals surface area contributed by atoms with Gasteiger partial charge in [-0.3, -0.25) is 9.69 Å². The van der Waals surface area contributed by atoms with Crippen LogP contribution >= 0.6 is 0 Å². The van der Waals surface area contributed by atoms with Crippen LogP contribution in [0.25, 0.3) is 0 Å². The molecule has 1 saturated carbocycles. The standard InChI is InChI=1S/C13H27N3O/c1-10(2)15-13(17)9-16(4)12-7-5-11(14-3)6-8-12/h10-12,14H,5-9H2,1-4H3,(H,15,17). The summed E-state index contributed by atoms with van der Waals surface area (Å²) in [5.41, 5.74) is 0. The van der Waals surface area contributed by atoms with Crippen molar-refractivity contribution in [2.45, 2.75) is 57.7 Å². The molecule has 0 radical (unpaired) electrons. The third-order valence-corrected chi connectivity index (χ3v) is 3.57. The SMILES string of the molecule is CNC1CCC(N(C)CC(=O)NC(C)C)CC1. The molecule has 100 valence electrons. The average molecular weight is 241 g/mol. The lowest BCUT2D eigenvalue weighted by Gasteiger charge is -2.34. The highest BCUT2D eigenvalue weighted by molar-refractivity contribution is 5.78. The van der Waals surface area contributed by atoms with E-state index >= 15 is 0 Å². The summed E-state index contributed by atoms with van der Waals surface area (Å²) in [6.45, 7) is 4.51. The van der Waals surface area contributed by atoms with Gasteiger partial charge in [-0.1, -0.05) is 0 Å². The maximum atomic E-state index is 11.7. The number of rotatable bonds is 5. The fourth-order valence-corrected chi connectivity index (χ4v) is 2.53. The third-order valence-electron chi connectivity index (χ3n) is 3.57. The molecule has 0 bridgehead atoms. The van der Waals surface area contributed by atoms with Crippen molar-refractivity contribution in [3.05, 3.63) is 0 Å². The van der Waals surface area contributed by atoms with E-state index in [4.69, 9.17) is 0 Å². The molecule has 1 fully saturated rings. The van der Waals surface area contributed by atoms with Crippen LogP contribution in [0.1, 0.15) is 39.5 Å². The molecular formula is C13H27N3O. The highest BCUT2D eigenvalue weighted by Gasteiger charge is 2.24. The molecule has 0 heterocycles. The van der Waals surface area contributed by atoms with Gasteiger partial charge in [0.05, 0.1) is 6.54 Å². The Hall–Kier alpha value is -0.610. The van der Waals surface area contributed by atoms with Crippen LogP contribution in [0, 0.1) is 0 Å². The van der Waals surface area contributed by atoms with Gasteiger partial charge in [0.25, 0.3) is 0 Å². The van der Waals surface area contributed by atoms with Crippen molar-refractivity contribution >= 4 is 5.91 Å². The number of carbonyl (C=O) groups is 1. The van der Waals surface area contributed by atoms with Crippen LogP contribution in [0.4, 0.5) is 0 Å². The number of likely N-dealkylation sites (N-methyl/N-ethyl adjacent to an activating group) is 1. The van der Waals surface area contributed by atoms with Gasteiger partial charge in [0.2, 0.25) is 5.91 Å². The second-order valence-electron chi connectivity index (χ2n) is 5.43. The highest BCUT2D eigenvalue weighted by Crippen LogP contribution is 2.21. The number of nitrogens with one attached hydrogen (secondary N) is 2. The van der Waals surface area contributed by atoms with Crippen molar-refractivity contribution < 1.29 is 4.79 Å². The molecular weight excluding hydrogens is 214 g/mol. The summed E-state index contributed by atoms with van der Waals surface area (Å²) < 4.78 is 0. The van der Waals surface area contributed by atoms with Crippen LogP contribution in [-0.2, 0) is 4.79 Å². The molecule has 0 aliphatic heterocycles. The van der Waals surface area contributed by atoms with E-state index in [1.54, 1.807) is 0 Å². The topological polar surface area (TPSA) is 44.4 Å². The maximum Gasteiger partial charge on any atom is 0.234 e. The third kappa shape index (κ3) is 5.04. The summed E-state index contributed by atoms with van der Waals surface area (Å²) in [7, 11) is 4.09. The minimum absolute atomic E-state index is 0.137. The van der Waals surface area contributed by atoms with Crippen molar-refractivity contribution in [3.63, 3.8) is 0 Å². The molecule has 1 amide bonds. The Bertz CT molecular complexity index is 235. The van der Waals surface area contributed by atoms with Gasteiger partial charge >= 0.3 is 0 Å². The Balaban J connectivity index is 2.28. The van der Waals surface area contributed by atoms with Crippen LogP contribution in [0.3, 0.4) is 0 Å². The minimum atomic E-state index is 0.137. The predicted molar refractivity (Wildman–Crippen MR) is 71.0 cm³/mol. The van der Waals surface area contributed by atoms with Gasteiger partial charge in [0.1, 0.15) is 0 Å². The van der Waals surface area contributed by atoms with E-state index in [-0.39, 0.29) is 11.9 Å². The van der Waals surface area contributed by atoms with Crippen molar-refractivity contribution in [3.8, 4) is 0 Å². The van der Waals surface area contributed by atoms with E-state index < -0.39 is 0 Å². The van der Waals surface area contributed by atoms with Crippen LogP contribution in [0.15, 0.2) is 0 Å². The monoisotopic (exact) mass is 241 g/mol. The van der Waals surface area contributed by atoms with Crippen LogP contribution < -0.4 is 10.6 Å². The van der Waals surface area contributed by atoms with E-state index in [0.29, 0.717) is 18.6 Å². The molecule has 0 spiro atoms. The molecule has 0 atom stereocenters. The molecule has 17 heavy (non-hydrogen) atoms. The average Bonchev–Trinajstić information content (AvgIpc) is 2.28.